The van der Waals surface area contributed by atoms with Crippen molar-refractivity contribution < 1.29 is 23.9 Å². The van der Waals surface area contributed by atoms with Gasteiger partial charge in [-0.2, -0.15) is 0 Å². The lowest BCUT2D eigenvalue weighted by atomic mass is 10.2. The van der Waals surface area contributed by atoms with Crippen LogP contribution >= 0.6 is 0 Å². The number of hydrogen-bond acceptors (Lipinski definition) is 6. The Kier molecular flexibility index (Phi) is 5.29. The van der Waals surface area contributed by atoms with Crippen LogP contribution in [0.15, 0.2) is 18.2 Å². The zero-order valence-electron chi connectivity index (χ0n) is 14.9. The number of likely N-dealkylation sites (tertiary alicyclic amines) is 1. The molecule has 1 atom stereocenters. The van der Waals surface area contributed by atoms with Crippen LogP contribution in [-0.2, 0) is 14.4 Å². The third kappa shape index (κ3) is 4.07. The third-order valence-electron chi connectivity index (χ3n) is 4.37. The number of nitrogens with one attached hydrogen (secondary N) is 2. The molecule has 1 aliphatic heterocycles. The Hall–Kier alpha value is -2.77. The number of ether oxygens (including phenoxy) is 2. The first-order valence-corrected chi connectivity index (χ1v) is 8.72. The molecule has 2 aliphatic rings. The van der Waals surface area contributed by atoms with Crippen LogP contribution in [-0.4, -0.2) is 55.0 Å². The van der Waals surface area contributed by atoms with Gasteiger partial charge in [-0.05, 0) is 31.9 Å². The van der Waals surface area contributed by atoms with E-state index in [2.05, 4.69) is 10.6 Å². The van der Waals surface area contributed by atoms with Gasteiger partial charge in [0.05, 0.1) is 13.5 Å². The van der Waals surface area contributed by atoms with E-state index in [9.17, 15) is 14.4 Å². The first-order chi connectivity index (χ1) is 12.5. The van der Waals surface area contributed by atoms with Crippen molar-refractivity contribution in [3.63, 3.8) is 0 Å². The maximum Gasteiger partial charge on any atom is 0.258 e. The number of carbonyl (C=O) groups excluding carboxylic acids is 3. The van der Waals surface area contributed by atoms with E-state index >= 15 is 0 Å². The van der Waals surface area contributed by atoms with Crippen LogP contribution in [0.4, 0.5) is 5.69 Å². The Balaban J connectivity index is 1.65. The van der Waals surface area contributed by atoms with E-state index in [1.54, 1.807) is 25.1 Å². The molecule has 8 heteroatoms. The second-order valence-electron chi connectivity index (χ2n) is 6.37. The summed E-state index contributed by atoms with van der Waals surface area (Å²) in [6.07, 6.45) is 2.15. The summed E-state index contributed by atoms with van der Waals surface area (Å²) in [5.41, 5.74) is 0.618. The van der Waals surface area contributed by atoms with Gasteiger partial charge in [0.2, 0.25) is 5.91 Å². The highest BCUT2D eigenvalue weighted by Crippen LogP contribution is 2.31. The number of hydrogen-bond donors (Lipinski definition) is 2. The van der Waals surface area contributed by atoms with E-state index in [1.807, 2.05) is 0 Å². The lowest BCUT2D eigenvalue weighted by molar-refractivity contribution is -0.138. The quantitative estimate of drug-likeness (QED) is 0.668. The highest BCUT2D eigenvalue weighted by atomic mass is 16.5. The van der Waals surface area contributed by atoms with Gasteiger partial charge in [-0.25, -0.2) is 0 Å². The molecule has 0 aromatic heterocycles. The molecular weight excluding hydrogens is 338 g/mol. The topological polar surface area (TPSA) is 97.0 Å². The van der Waals surface area contributed by atoms with E-state index in [4.69, 9.17) is 9.47 Å². The average molecular weight is 361 g/mol. The van der Waals surface area contributed by atoms with Gasteiger partial charge in [0.1, 0.15) is 6.04 Å². The highest BCUT2D eigenvalue weighted by Gasteiger charge is 2.37. The predicted molar refractivity (Wildman–Crippen MR) is 94.1 cm³/mol. The average Bonchev–Trinajstić information content (AvgIpc) is 3.39. The maximum absolute atomic E-state index is 12.2. The van der Waals surface area contributed by atoms with Gasteiger partial charge in [-0.3, -0.25) is 19.3 Å². The molecule has 0 spiro atoms. The second-order valence-corrected chi connectivity index (χ2v) is 6.37. The molecule has 1 aromatic rings. The molecule has 0 radical (unpaired) electrons. The number of likely N-dealkylation sites (N-methyl/N-ethyl adjacent to an activating group) is 1. The fraction of sp³-hybridized carbons (Fsp3) is 0.500. The van der Waals surface area contributed by atoms with Gasteiger partial charge in [-0.1, -0.05) is 0 Å². The molecule has 140 valence electrons. The minimum Gasteiger partial charge on any atom is -0.493 e. The fourth-order valence-electron chi connectivity index (χ4n) is 2.85. The number of anilines is 1. The van der Waals surface area contributed by atoms with Crippen molar-refractivity contribution in [3.8, 4) is 11.5 Å². The minimum absolute atomic E-state index is 0.110. The van der Waals surface area contributed by atoms with Crippen LogP contribution in [0.2, 0.25) is 0 Å². The van der Waals surface area contributed by atoms with Gasteiger partial charge in [-0.15, -0.1) is 0 Å². The van der Waals surface area contributed by atoms with E-state index in [0.717, 1.165) is 12.8 Å². The van der Waals surface area contributed by atoms with E-state index in [1.165, 1.54) is 12.0 Å². The molecule has 1 aliphatic carbocycles. The summed E-state index contributed by atoms with van der Waals surface area (Å²) in [6, 6.07) is 4.77. The summed E-state index contributed by atoms with van der Waals surface area (Å²) in [7, 11) is 1.51. The Morgan fingerprint density at radius 3 is 2.65 bits per heavy atom. The Bertz CT molecular complexity index is 717. The van der Waals surface area contributed by atoms with Crippen molar-refractivity contribution >= 4 is 23.4 Å². The molecule has 1 heterocycles. The second kappa shape index (κ2) is 7.63. The van der Waals surface area contributed by atoms with Crippen molar-refractivity contribution in [1.82, 2.24) is 10.2 Å². The zero-order chi connectivity index (χ0) is 18.7. The number of rotatable bonds is 8. The molecular formula is C18H23N3O5. The summed E-state index contributed by atoms with van der Waals surface area (Å²) in [5.74, 6) is 0.283. The predicted octanol–water partition coefficient (Wildman–Crippen LogP) is 0.912. The summed E-state index contributed by atoms with van der Waals surface area (Å²) >= 11 is 0. The third-order valence-corrected chi connectivity index (χ3v) is 4.37. The molecule has 3 amide bonds. The number of carbonyl (C=O) groups is 3. The smallest absolute Gasteiger partial charge is 0.258 e. The van der Waals surface area contributed by atoms with E-state index in [-0.39, 0.29) is 36.8 Å². The van der Waals surface area contributed by atoms with Crippen LogP contribution < -0.4 is 20.1 Å². The summed E-state index contributed by atoms with van der Waals surface area (Å²) in [6.45, 7) is 2.02. The summed E-state index contributed by atoms with van der Waals surface area (Å²) in [5, 5.41) is 5.91. The molecule has 2 N–H and O–H groups in total. The molecule has 1 saturated heterocycles. The lowest BCUT2D eigenvalue weighted by Crippen LogP contribution is -2.34. The Labute approximate surface area is 151 Å². The van der Waals surface area contributed by atoms with Crippen LogP contribution in [0, 0.1) is 0 Å². The largest absolute Gasteiger partial charge is 0.493 e. The van der Waals surface area contributed by atoms with Crippen LogP contribution in [0.5, 0.6) is 11.5 Å². The standard InChI is InChI=1S/C18H23N3O5/c1-3-21-17(23)9-13(18(21)24)19-12-6-7-14(25-2)15(8-12)26-10-16(22)20-11-4-5-11/h6-8,11,13,19H,3-5,9-10H2,1-2H3,(H,20,22)/t13-/m1/s1. The molecule has 26 heavy (non-hydrogen) atoms. The van der Waals surface area contributed by atoms with Crippen LogP contribution in [0.25, 0.3) is 0 Å². The summed E-state index contributed by atoms with van der Waals surface area (Å²) < 4.78 is 10.8. The Morgan fingerprint density at radius 1 is 1.27 bits per heavy atom. The van der Waals surface area contributed by atoms with Crippen molar-refractivity contribution in [2.45, 2.75) is 38.3 Å². The molecule has 8 nitrogen and oxygen atoms in total. The number of imide groups is 1. The van der Waals surface area contributed by atoms with Gasteiger partial charge >= 0.3 is 0 Å². The Morgan fingerprint density at radius 2 is 2.04 bits per heavy atom. The molecule has 0 bridgehead atoms. The summed E-state index contributed by atoms with van der Waals surface area (Å²) in [4.78, 5) is 37.1. The number of benzene rings is 1. The molecule has 0 unspecified atom stereocenters. The minimum atomic E-state index is -0.595. The van der Waals surface area contributed by atoms with Gasteiger partial charge in [0.25, 0.3) is 11.8 Å². The van der Waals surface area contributed by atoms with E-state index in [0.29, 0.717) is 23.7 Å². The molecule has 1 saturated carbocycles. The van der Waals surface area contributed by atoms with Crippen LogP contribution in [0.3, 0.4) is 0 Å². The van der Waals surface area contributed by atoms with Crippen molar-refractivity contribution in [2.24, 2.45) is 0 Å². The SMILES string of the molecule is CCN1C(=O)C[C@@H](Nc2ccc(OC)c(OCC(=O)NC3CC3)c2)C1=O. The van der Waals surface area contributed by atoms with Gasteiger partial charge < -0.3 is 20.1 Å². The molecule has 3 rings (SSSR count). The normalized spacial score (nSPS) is 19.5. The highest BCUT2D eigenvalue weighted by molar-refractivity contribution is 6.06. The molecule has 1 aromatic carbocycles. The molecule has 2 fully saturated rings. The van der Waals surface area contributed by atoms with Gasteiger partial charge in [0, 0.05) is 24.3 Å². The van der Waals surface area contributed by atoms with Crippen molar-refractivity contribution in [3.05, 3.63) is 18.2 Å². The zero-order valence-corrected chi connectivity index (χ0v) is 14.9. The monoisotopic (exact) mass is 361 g/mol. The lowest BCUT2D eigenvalue weighted by Gasteiger charge is -2.16. The first kappa shape index (κ1) is 18.0. The van der Waals surface area contributed by atoms with Gasteiger partial charge in [0.15, 0.2) is 18.1 Å². The fourth-order valence-corrected chi connectivity index (χ4v) is 2.85. The van der Waals surface area contributed by atoms with Crippen LogP contribution in [0.1, 0.15) is 26.2 Å². The maximum atomic E-state index is 12.2. The van der Waals surface area contributed by atoms with Crippen molar-refractivity contribution in [2.75, 3.05) is 25.6 Å². The van der Waals surface area contributed by atoms with Crippen molar-refractivity contribution in [1.29, 1.82) is 0 Å². The number of amides is 3. The van der Waals surface area contributed by atoms with E-state index < -0.39 is 6.04 Å². The first-order valence-electron chi connectivity index (χ1n) is 8.72. The number of methoxy groups -OCH3 is 1. The number of nitrogens with zero attached hydrogens (tertiary/aromatic N) is 1.